The molecule has 0 saturated carbocycles. The van der Waals surface area contributed by atoms with Crippen molar-refractivity contribution in [1.82, 2.24) is 0 Å². The minimum absolute atomic E-state index is 0.299. The van der Waals surface area contributed by atoms with Gasteiger partial charge < -0.3 is 18.9 Å². The molecule has 0 amide bonds. The quantitative estimate of drug-likeness (QED) is 0.0978. The predicted octanol–water partition coefficient (Wildman–Crippen LogP) is 8.89. The molecule has 0 bridgehead atoms. The van der Waals surface area contributed by atoms with Gasteiger partial charge in [-0.1, -0.05) is 108 Å². The topological polar surface area (TPSA) is 71.1 Å². The van der Waals surface area contributed by atoms with E-state index in [2.05, 4.69) is 0 Å². The van der Waals surface area contributed by atoms with E-state index in [1.807, 2.05) is 123 Å². The van der Waals surface area contributed by atoms with Gasteiger partial charge in [0.25, 0.3) is 0 Å². The zero-order valence-electron chi connectivity index (χ0n) is 25.4. The molecule has 0 N–H and O–H groups in total. The molecule has 7 aromatic carbocycles. The van der Waals surface area contributed by atoms with E-state index < -0.39 is 11.9 Å². The van der Waals surface area contributed by atoms with Crippen molar-refractivity contribution >= 4 is 55.0 Å². The lowest BCUT2D eigenvalue weighted by atomic mass is 9.98. The highest BCUT2D eigenvalue weighted by atomic mass is 16.6. The van der Waals surface area contributed by atoms with Gasteiger partial charge >= 0.3 is 11.9 Å². The highest BCUT2D eigenvalue weighted by molar-refractivity contribution is 6.11. The summed E-state index contributed by atoms with van der Waals surface area (Å²) in [4.78, 5) is 26.2. The van der Waals surface area contributed by atoms with E-state index >= 15 is 0 Å². The summed E-state index contributed by atoms with van der Waals surface area (Å²) in [5, 5.41) is 6.67. The van der Waals surface area contributed by atoms with Crippen LogP contribution in [0.4, 0.5) is 0 Å². The van der Waals surface area contributed by atoms with Gasteiger partial charge in [0, 0.05) is 32.3 Å². The van der Waals surface area contributed by atoms with Crippen molar-refractivity contribution in [2.75, 3.05) is 13.2 Å². The molecule has 6 heteroatoms. The van der Waals surface area contributed by atoms with E-state index in [0.717, 1.165) is 54.2 Å². The van der Waals surface area contributed by atoms with E-state index in [9.17, 15) is 9.59 Å². The van der Waals surface area contributed by atoms with Crippen LogP contribution in [0.2, 0.25) is 0 Å². The van der Waals surface area contributed by atoms with Crippen LogP contribution >= 0.6 is 0 Å². The monoisotopic (exact) mass is 606 g/mol. The molecule has 0 spiro atoms. The van der Waals surface area contributed by atoms with Crippen molar-refractivity contribution in [3.8, 4) is 23.0 Å². The van der Waals surface area contributed by atoms with E-state index in [1.165, 1.54) is 0 Å². The summed E-state index contributed by atoms with van der Waals surface area (Å²) in [5.41, 5.74) is 2.01. The number of carbonyl (C=O) groups is 2. The molecule has 226 valence electrons. The van der Waals surface area contributed by atoms with Crippen LogP contribution in [0.15, 0.2) is 121 Å². The molecular formula is C40H30O6. The lowest BCUT2D eigenvalue weighted by Gasteiger charge is -2.18. The number of hydrogen-bond donors (Lipinski definition) is 0. The first-order valence-electron chi connectivity index (χ1n) is 15.0. The van der Waals surface area contributed by atoms with Crippen molar-refractivity contribution in [1.29, 1.82) is 0 Å². The predicted molar refractivity (Wildman–Crippen MR) is 181 cm³/mol. The Bertz CT molecular complexity index is 2210. The van der Waals surface area contributed by atoms with Crippen molar-refractivity contribution in [3.63, 3.8) is 0 Å². The van der Waals surface area contributed by atoms with E-state index in [1.54, 1.807) is 12.1 Å². The van der Waals surface area contributed by atoms with Gasteiger partial charge in [0.1, 0.15) is 23.0 Å². The smallest absolute Gasteiger partial charge is 0.349 e. The van der Waals surface area contributed by atoms with Crippen LogP contribution in [0, 0.1) is 13.8 Å². The molecule has 0 radical (unpaired) electrons. The van der Waals surface area contributed by atoms with Crippen LogP contribution in [0.3, 0.4) is 0 Å². The number of ether oxygens (including phenoxy) is 4. The van der Waals surface area contributed by atoms with E-state index in [4.69, 9.17) is 18.9 Å². The minimum Gasteiger partial charge on any atom is -0.481 e. The molecule has 0 aliphatic carbocycles. The summed E-state index contributed by atoms with van der Waals surface area (Å²) in [6, 6.07) is 38.5. The number of rotatable bonds is 8. The summed E-state index contributed by atoms with van der Waals surface area (Å²) < 4.78 is 24.0. The van der Waals surface area contributed by atoms with Crippen molar-refractivity contribution in [3.05, 3.63) is 132 Å². The molecule has 46 heavy (non-hydrogen) atoms. The second-order valence-corrected chi connectivity index (χ2v) is 11.2. The van der Waals surface area contributed by atoms with Crippen LogP contribution in [-0.2, 0) is 9.59 Å². The van der Waals surface area contributed by atoms with Crippen LogP contribution in [-0.4, -0.2) is 25.2 Å². The molecule has 0 fully saturated rings. The number of esters is 2. The van der Waals surface area contributed by atoms with Gasteiger partial charge in [0.2, 0.25) is 0 Å². The molecule has 6 nitrogen and oxygen atoms in total. The third-order valence-electron chi connectivity index (χ3n) is 7.94. The van der Waals surface area contributed by atoms with Gasteiger partial charge in [-0.2, -0.15) is 0 Å². The van der Waals surface area contributed by atoms with Crippen LogP contribution in [0.1, 0.15) is 11.1 Å². The normalized spacial score (nSPS) is 11.2. The molecular weight excluding hydrogens is 576 g/mol. The minimum atomic E-state index is -0.520. The Kier molecular flexibility index (Phi) is 7.69. The fourth-order valence-electron chi connectivity index (χ4n) is 5.82. The van der Waals surface area contributed by atoms with Gasteiger partial charge in [-0.3, -0.25) is 0 Å². The highest BCUT2D eigenvalue weighted by Gasteiger charge is 2.20. The molecule has 0 heterocycles. The lowest BCUT2D eigenvalue weighted by molar-refractivity contribution is -0.137. The Hall–Kier alpha value is -5.88. The fraction of sp³-hybridized carbons (Fsp3) is 0.100. The summed E-state index contributed by atoms with van der Waals surface area (Å²) in [6.07, 6.45) is 0. The largest absolute Gasteiger partial charge is 0.481 e. The first-order valence-corrected chi connectivity index (χ1v) is 15.0. The maximum absolute atomic E-state index is 13.1. The number of hydrogen-bond acceptors (Lipinski definition) is 6. The third kappa shape index (κ3) is 5.69. The summed E-state index contributed by atoms with van der Waals surface area (Å²) in [6.45, 7) is 3.38. The molecule has 7 rings (SSSR count). The lowest BCUT2D eigenvalue weighted by Crippen LogP contribution is -2.19. The Balaban J connectivity index is 1.19. The van der Waals surface area contributed by atoms with Crippen LogP contribution in [0.5, 0.6) is 23.0 Å². The zero-order valence-corrected chi connectivity index (χ0v) is 25.4. The Labute approximate surface area is 265 Å². The average Bonchev–Trinajstić information content (AvgIpc) is 3.06. The number of carbonyl (C=O) groups excluding carboxylic acids is 2. The maximum atomic E-state index is 13.1. The number of fused-ring (bicyclic) bond motifs is 4. The van der Waals surface area contributed by atoms with Crippen molar-refractivity contribution in [2.45, 2.75) is 13.8 Å². The van der Waals surface area contributed by atoms with E-state index in [-0.39, 0.29) is 13.2 Å². The number of benzene rings is 7. The van der Waals surface area contributed by atoms with Crippen molar-refractivity contribution < 1.29 is 28.5 Å². The Morgan fingerprint density at radius 3 is 1.35 bits per heavy atom. The zero-order chi connectivity index (χ0) is 31.6. The summed E-state index contributed by atoms with van der Waals surface area (Å²) in [5.74, 6) is 0.991. The number of aryl methyl sites for hydroxylation is 2. The van der Waals surface area contributed by atoms with Crippen molar-refractivity contribution in [2.24, 2.45) is 0 Å². The fourth-order valence-corrected chi connectivity index (χ4v) is 5.82. The standard InChI is InChI=1S/C40H30O6/c1-25-17-19-31-33(21-25)40(44-24-38(42)46-36-16-8-12-28-10-4-6-14-30(28)36)34-22-26(2)18-20-32(34)39(31)43-23-37(41)45-35-15-7-11-27-9-3-5-13-29(27)35/h3-22H,23-24H2,1-2H3. The highest BCUT2D eigenvalue weighted by Crippen LogP contribution is 2.43. The molecule has 7 aromatic rings. The Morgan fingerprint density at radius 1 is 0.457 bits per heavy atom. The van der Waals surface area contributed by atoms with Gasteiger partial charge in [-0.05, 0) is 48.9 Å². The van der Waals surface area contributed by atoms with Crippen LogP contribution < -0.4 is 18.9 Å². The molecule has 0 unspecified atom stereocenters. The first kappa shape index (κ1) is 28.9. The molecule has 0 aliphatic heterocycles. The second-order valence-electron chi connectivity index (χ2n) is 11.2. The third-order valence-corrected chi connectivity index (χ3v) is 7.94. The second kappa shape index (κ2) is 12.3. The molecule has 0 aromatic heterocycles. The van der Waals surface area contributed by atoms with Gasteiger partial charge in [0.05, 0.1) is 0 Å². The maximum Gasteiger partial charge on any atom is 0.349 e. The van der Waals surface area contributed by atoms with Gasteiger partial charge in [-0.15, -0.1) is 0 Å². The summed E-state index contributed by atoms with van der Waals surface area (Å²) >= 11 is 0. The van der Waals surface area contributed by atoms with E-state index in [0.29, 0.717) is 23.0 Å². The van der Waals surface area contributed by atoms with Crippen LogP contribution in [0.25, 0.3) is 43.1 Å². The molecule has 0 aliphatic rings. The van der Waals surface area contributed by atoms with Gasteiger partial charge in [-0.25, -0.2) is 9.59 Å². The molecule has 0 atom stereocenters. The summed E-state index contributed by atoms with van der Waals surface area (Å²) in [7, 11) is 0. The van der Waals surface area contributed by atoms with Gasteiger partial charge in [0.15, 0.2) is 13.2 Å². The molecule has 0 saturated heterocycles. The first-order chi connectivity index (χ1) is 22.4. The SMILES string of the molecule is Cc1ccc2c(OCC(=O)Oc3cccc4ccccc34)c3ccc(C)cc3c(OCC(=O)Oc3cccc4ccccc34)c2c1. The average molecular weight is 607 g/mol. The Morgan fingerprint density at radius 2 is 0.870 bits per heavy atom.